The molecule has 1 heterocycles. The Balaban J connectivity index is 1.45. The third-order valence-electron chi connectivity index (χ3n) is 7.12. The molecular formula is C24H40N2O. The van der Waals surface area contributed by atoms with Crippen LogP contribution < -0.4 is 10.5 Å². The van der Waals surface area contributed by atoms with E-state index in [0.717, 1.165) is 50.0 Å². The summed E-state index contributed by atoms with van der Waals surface area (Å²) in [4.78, 5) is 2.61. The van der Waals surface area contributed by atoms with Crippen LogP contribution in [0.3, 0.4) is 0 Å². The van der Waals surface area contributed by atoms with Crippen molar-refractivity contribution in [3.8, 4) is 5.75 Å². The van der Waals surface area contributed by atoms with E-state index in [1.807, 2.05) is 0 Å². The molecule has 2 N–H and O–H groups in total. The summed E-state index contributed by atoms with van der Waals surface area (Å²) in [5.74, 6) is 3.30. The lowest BCUT2D eigenvalue weighted by molar-refractivity contribution is 0.132. The highest BCUT2D eigenvalue weighted by Gasteiger charge is 2.37. The molecule has 1 saturated heterocycles. The number of hydrogen-bond donors (Lipinski definition) is 1. The Labute approximate surface area is 166 Å². The van der Waals surface area contributed by atoms with Gasteiger partial charge in [0.2, 0.25) is 0 Å². The van der Waals surface area contributed by atoms with E-state index in [4.69, 9.17) is 10.5 Å². The summed E-state index contributed by atoms with van der Waals surface area (Å²) in [6.07, 6.45) is 5.92. The summed E-state index contributed by atoms with van der Waals surface area (Å²) < 4.78 is 6.02. The van der Waals surface area contributed by atoms with Crippen molar-refractivity contribution in [1.82, 2.24) is 4.90 Å². The van der Waals surface area contributed by atoms with E-state index < -0.39 is 0 Å². The SMILES string of the molecule is CC1CC(N)CCC1(C)c1ccc(OCCCN2C[C@@H](C)C[C@H](C)C2)cc1. The average molecular weight is 373 g/mol. The molecular weight excluding hydrogens is 332 g/mol. The lowest BCUT2D eigenvalue weighted by Gasteiger charge is -2.42. The van der Waals surface area contributed by atoms with Crippen LogP contribution in [0.4, 0.5) is 0 Å². The third kappa shape index (κ3) is 5.26. The smallest absolute Gasteiger partial charge is 0.119 e. The van der Waals surface area contributed by atoms with Gasteiger partial charge in [-0.1, -0.05) is 39.8 Å². The molecule has 2 aliphatic rings. The number of ether oxygens (including phenoxy) is 1. The van der Waals surface area contributed by atoms with Crippen LogP contribution in [0.15, 0.2) is 24.3 Å². The predicted octanol–water partition coefficient (Wildman–Crippen LogP) is 4.84. The van der Waals surface area contributed by atoms with E-state index in [9.17, 15) is 0 Å². The van der Waals surface area contributed by atoms with Gasteiger partial charge in [0.05, 0.1) is 6.61 Å². The van der Waals surface area contributed by atoms with Crippen molar-refractivity contribution in [2.45, 2.75) is 71.3 Å². The molecule has 27 heavy (non-hydrogen) atoms. The maximum Gasteiger partial charge on any atom is 0.119 e. The lowest BCUT2D eigenvalue weighted by Crippen LogP contribution is -2.41. The zero-order chi connectivity index (χ0) is 19.4. The normalized spacial score (nSPS) is 35.1. The van der Waals surface area contributed by atoms with Gasteiger partial charge in [0.1, 0.15) is 5.75 Å². The molecule has 1 aromatic carbocycles. The molecule has 1 aliphatic carbocycles. The second-order valence-electron chi connectivity index (χ2n) is 9.78. The highest BCUT2D eigenvalue weighted by molar-refractivity contribution is 5.33. The topological polar surface area (TPSA) is 38.5 Å². The molecule has 0 amide bonds. The van der Waals surface area contributed by atoms with Gasteiger partial charge >= 0.3 is 0 Å². The van der Waals surface area contributed by atoms with Crippen molar-refractivity contribution in [2.24, 2.45) is 23.5 Å². The fraction of sp³-hybridized carbons (Fsp3) is 0.750. The van der Waals surface area contributed by atoms with Crippen LogP contribution in [0.5, 0.6) is 5.75 Å². The standard InChI is InChI=1S/C24H40N2O/c1-18-14-19(2)17-26(16-18)12-5-13-27-23-8-6-21(7-9-23)24(4)11-10-22(25)15-20(24)3/h6-9,18-20,22H,5,10-17,25H2,1-4H3/t18-,19-,20?,22?,24?/m0/s1. The van der Waals surface area contributed by atoms with Gasteiger partial charge < -0.3 is 15.4 Å². The van der Waals surface area contributed by atoms with Gasteiger partial charge in [-0.05, 0) is 73.0 Å². The molecule has 0 bridgehead atoms. The van der Waals surface area contributed by atoms with Crippen LogP contribution in [0.1, 0.15) is 65.4 Å². The first-order valence-corrected chi connectivity index (χ1v) is 11.1. The van der Waals surface area contributed by atoms with E-state index in [-0.39, 0.29) is 5.41 Å². The molecule has 2 fully saturated rings. The molecule has 3 rings (SSSR count). The minimum Gasteiger partial charge on any atom is -0.494 e. The molecule has 1 aromatic rings. The monoisotopic (exact) mass is 372 g/mol. The first kappa shape index (κ1) is 20.7. The quantitative estimate of drug-likeness (QED) is 0.726. The summed E-state index contributed by atoms with van der Waals surface area (Å²) in [5, 5.41) is 0. The fourth-order valence-electron chi connectivity index (χ4n) is 5.38. The van der Waals surface area contributed by atoms with Crippen molar-refractivity contribution >= 4 is 0 Å². The zero-order valence-corrected chi connectivity index (χ0v) is 17.9. The maximum atomic E-state index is 6.16. The van der Waals surface area contributed by atoms with Crippen molar-refractivity contribution in [3.05, 3.63) is 29.8 Å². The van der Waals surface area contributed by atoms with E-state index in [1.165, 1.54) is 31.5 Å². The number of rotatable bonds is 6. The summed E-state index contributed by atoms with van der Waals surface area (Å²) in [7, 11) is 0. The van der Waals surface area contributed by atoms with E-state index in [1.54, 1.807) is 0 Å². The lowest BCUT2D eigenvalue weighted by atomic mass is 9.63. The largest absolute Gasteiger partial charge is 0.494 e. The average Bonchev–Trinajstić information content (AvgIpc) is 2.62. The van der Waals surface area contributed by atoms with Crippen LogP contribution in [-0.2, 0) is 5.41 Å². The number of piperidine rings is 1. The van der Waals surface area contributed by atoms with Gasteiger partial charge in [0.15, 0.2) is 0 Å². The number of benzene rings is 1. The van der Waals surface area contributed by atoms with Crippen molar-refractivity contribution < 1.29 is 4.74 Å². The van der Waals surface area contributed by atoms with Crippen molar-refractivity contribution in [3.63, 3.8) is 0 Å². The Bertz CT molecular complexity index is 577. The first-order valence-electron chi connectivity index (χ1n) is 11.1. The predicted molar refractivity (Wildman–Crippen MR) is 114 cm³/mol. The maximum absolute atomic E-state index is 6.16. The summed E-state index contributed by atoms with van der Waals surface area (Å²) in [6.45, 7) is 14.0. The van der Waals surface area contributed by atoms with E-state index in [2.05, 4.69) is 56.9 Å². The van der Waals surface area contributed by atoms with Crippen LogP contribution in [0.2, 0.25) is 0 Å². The Hall–Kier alpha value is -1.06. The van der Waals surface area contributed by atoms with Gasteiger partial charge in [-0.2, -0.15) is 0 Å². The Kier molecular flexibility index (Phi) is 6.86. The summed E-state index contributed by atoms with van der Waals surface area (Å²) >= 11 is 0. The van der Waals surface area contributed by atoms with Crippen LogP contribution >= 0.6 is 0 Å². The van der Waals surface area contributed by atoms with E-state index >= 15 is 0 Å². The summed E-state index contributed by atoms with van der Waals surface area (Å²) in [5.41, 5.74) is 7.84. The van der Waals surface area contributed by atoms with E-state index in [0.29, 0.717) is 12.0 Å². The van der Waals surface area contributed by atoms with Gasteiger partial charge in [0, 0.05) is 25.7 Å². The van der Waals surface area contributed by atoms with Crippen LogP contribution in [-0.4, -0.2) is 37.2 Å². The van der Waals surface area contributed by atoms with Crippen molar-refractivity contribution in [2.75, 3.05) is 26.2 Å². The Morgan fingerprint density at radius 1 is 1.07 bits per heavy atom. The zero-order valence-electron chi connectivity index (χ0n) is 17.9. The third-order valence-corrected chi connectivity index (χ3v) is 7.12. The van der Waals surface area contributed by atoms with Gasteiger partial charge in [-0.3, -0.25) is 0 Å². The van der Waals surface area contributed by atoms with Gasteiger partial charge in [-0.15, -0.1) is 0 Å². The van der Waals surface area contributed by atoms with Crippen LogP contribution in [0.25, 0.3) is 0 Å². The molecule has 0 aromatic heterocycles. The number of hydrogen-bond acceptors (Lipinski definition) is 3. The minimum absolute atomic E-state index is 0.246. The van der Waals surface area contributed by atoms with Crippen LogP contribution in [0, 0.1) is 17.8 Å². The molecule has 0 radical (unpaired) electrons. The second kappa shape index (κ2) is 8.96. The Morgan fingerprint density at radius 3 is 2.37 bits per heavy atom. The first-order chi connectivity index (χ1) is 12.9. The number of nitrogens with two attached hydrogens (primary N) is 1. The highest BCUT2D eigenvalue weighted by atomic mass is 16.5. The van der Waals surface area contributed by atoms with Gasteiger partial charge in [-0.25, -0.2) is 0 Å². The summed E-state index contributed by atoms with van der Waals surface area (Å²) in [6, 6.07) is 9.24. The molecule has 3 nitrogen and oxygen atoms in total. The molecule has 0 spiro atoms. The molecule has 1 saturated carbocycles. The fourth-order valence-corrected chi connectivity index (χ4v) is 5.38. The molecule has 1 aliphatic heterocycles. The number of nitrogens with zero attached hydrogens (tertiary/aromatic N) is 1. The minimum atomic E-state index is 0.246. The molecule has 3 unspecified atom stereocenters. The molecule has 3 heteroatoms. The Morgan fingerprint density at radius 2 is 1.74 bits per heavy atom. The van der Waals surface area contributed by atoms with Gasteiger partial charge in [0.25, 0.3) is 0 Å². The second-order valence-corrected chi connectivity index (χ2v) is 9.78. The molecule has 5 atom stereocenters. The molecule has 152 valence electrons. The number of likely N-dealkylation sites (tertiary alicyclic amines) is 1. The highest BCUT2D eigenvalue weighted by Crippen LogP contribution is 2.43. The van der Waals surface area contributed by atoms with Crippen molar-refractivity contribution in [1.29, 1.82) is 0 Å².